The zero-order valence-electron chi connectivity index (χ0n) is 6.84. The number of nitrogens with zero attached hydrogens (tertiary/aromatic N) is 6. The van der Waals surface area contributed by atoms with E-state index in [0.29, 0.717) is 0 Å². The fraction of sp³-hybridized carbons (Fsp3) is 0. The molecule has 10 nitrogen and oxygen atoms in total. The maximum atomic E-state index is 5.26. The van der Waals surface area contributed by atoms with Crippen molar-refractivity contribution in [2.24, 2.45) is 10.2 Å². The van der Waals surface area contributed by atoms with Crippen LogP contribution in [0.1, 0.15) is 0 Å². The van der Waals surface area contributed by atoms with Gasteiger partial charge in [-0.1, -0.05) is 0 Å². The van der Waals surface area contributed by atoms with Gasteiger partial charge in [0.2, 0.25) is 11.9 Å². The largest absolute Gasteiger partial charge is 0.368 e. The molecule has 14 heavy (non-hydrogen) atoms. The van der Waals surface area contributed by atoms with Crippen LogP contribution in [0.15, 0.2) is 10.2 Å². The van der Waals surface area contributed by atoms with E-state index in [2.05, 4.69) is 40.6 Å². The molecule has 0 aliphatic carbocycles. The Balaban J connectivity index is 2.14. The molecule has 0 saturated carbocycles. The lowest BCUT2D eigenvalue weighted by Gasteiger charge is -1.77. The molecule has 0 spiro atoms. The normalized spacial score (nSPS) is 11.1. The molecule has 0 fully saturated rings. The Morgan fingerprint density at radius 3 is 1.57 bits per heavy atom. The number of nitrogen functional groups attached to an aromatic ring is 2. The second-order valence-corrected chi connectivity index (χ2v) is 2.24. The molecular formula is C4H6N10. The van der Waals surface area contributed by atoms with Crippen LogP contribution in [0.3, 0.4) is 0 Å². The van der Waals surface area contributed by atoms with Crippen molar-refractivity contribution in [3.8, 4) is 0 Å². The maximum Gasteiger partial charge on any atom is 0.289 e. The number of aromatic nitrogens is 6. The number of aromatic amines is 2. The summed E-state index contributed by atoms with van der Waals surface area (Å²) in [5, 5.41) is 19.2. The second kappa shape index (κ2) is 3.08. The summed E-state index contributed by atoms with van der Waals surface area (Å²) < 4.78 is 0. The first-order chi connectivity index (χ1) is 6.74. The van der Waals surface area contributed by atoms with Crippen molar-refractivity contribution in [3.05, 3.63) is 0 Å². The summed E-state index contributed by atoms with van der Waals surface area (Å²) in [5.74, 6) is 0.527. The molecule has 0 amide bonds. The molecule has 2 heterocycles. The van der Waals surface area contributed by atoms with Crippen LogP contribution in [0.25, 0.3) is 0 Å². The van der Waals surface area contributed by atoms with Crippen molar-refractivity contribution in [2.45, 2.75) is 0 Å². The van der Waals surface area contributed by atoms with Gasteiger partial charge in [-0.05, 0) is 0 Å². The van der Waals surface area contributed by atoms with Crippen molar-refractivity contribution in [1.82, 2.24) is 30.4 Å². The molecule has 0 atom stereocenters. The Morgan fingerprint density at radius 2 is 1.29 bits per heavy atom. The van der Waals surface area contributed by atoms with Crippen molar-refractivity contribution in [1.29, 1.82) is 0 Å². The maximum absolute atomic E-state index is 5.26. The molecule has 0 aliphatic rings. The van der Waals surface area contributed by atoms with Crippen molar-refractivity contribution in [3.63, 3.8) is 0 Å². The molecule has 2 aromatic heterocycles. The van der Waals surface area contributed by atoms with E-state index in [4.69, 9.17) is 11.5 Å². The Morgan fingerprint density at radius 1 is 0.857 bits per heavy atom. The van der Waals surface area contributed by atoms with Crippen LogP contribution >= 0.6 is 0 Å². The first kappa shape index (κ1) is 8.10. The average molecular weight is 194 g/mol. The van der Waals surface area contributed by atoms with Crippen LogP contribution in [-0.2, 0) is 0 Å². The zero-order chi connectivity index (χ0) is 9.97. The van der Waals surface area contributed by atoms with Gasteiger partial charge in [0.05, 0.1) is 0 Å². The molecule has 0 aliphatic heterocycles. The molecule has 0 bridgehead atoms. The third kappa shape index (κ3) is 1.63. The van der Waals surface area contributed by atoms with Gasteiger partial charge in [0.15, 0.2) is 0 Å². The minimum absolute atomic E-state index is 0.103. The van der Waals surface area contributed by atoms with Gasteiger partial charge in [0.1, 0.15) is 0 Å². The van der Waals surface area contributed by atoms with E-state index in [1.165, 1.54) is 0 Å². The van der Waals surface area contributed by atoms with Crippen molar-refractivity contribution >= 4 is 23.8 Å². The van der Waals surface area contributed by atoms with Gasteiger partial charge < -0.3 is 11.5 Å². The fourth-order valence-electron chi connectivity index (χ4n) is 0.709. The molecule has 10 heteroatoms. The zero-order valence-corrected chi connectivity index (χ0v) is 6.84. The Hall–Kier alpha value is -2.52. The highest BCUT2D eigenvalue weighted by molar-refractivity contribution is 5.26. The van der Waals surface area contributed by atoms with E-state index < -0.39 is 0 Å². The molecule has 2 aromatic rings. The lowest BCUT2D eigenvalue weighted by Crippen LogP contribution is -1.84. The summed E-state index contributed by atoms with van der Waals surface area (Å²) in [7, 11) is 0. The average Bonchev–Trinajstić information content (AvgIpc) is 2.72. The molecular weight excluding hydrogens is 188 g/mol. The van der Waals surface area contributed by atoms with Gasteiger partial charge in [-0.2, -0.15) is 9.97 Å². The van der Waals surface area contributed by atoms with Gasteiger partial charge in [0, 0.05) is 0 Å². The van der Waals surface area contributed by atoms with Crippen LogP contribution in [0.2, 0.25) is 0 Å². The lowest BCUT2D eigenvalue weighted by atomic mass is 11.0. The van der Waals surface area contributed by atoms with Crippen LogP contribution in [-0.4, -0.2) is 30.4 Å². The standard InChI is InChI=1S/C4H6N10/c5-1-7-3(11-9-1)13-14-4-8-2(6)10-12-4/h(H3,5,7,9,11)(H3,6,8,10,12)/b14-13+. The number of nitrogens with one attached hydrogen (secondary N) is 2. The van der Waals surface area contributed by atoms with Crippen LogP contribution in [0.4, 0.5) is 23.8 Å². The first-order valence-corrected chi connectivity index (χ1v) is 3.51. The number of hydrogen-bond acceptors (Lipinski definition) is 8. The third-order valence-corrected chi connectivity index (χ3v) is 1.21. The summed E-state index contributed by atoms with van der Waals surface area (Å²) in [4.78, 5) is 7.37. The highest BCUT2D eigenvalue weighted by atomic mass is 15.4. The van der Waals surface area contributed by atoms with Crippen LogP contribution in [0, 0.1) is 0 Å². The smallest absolute Gasteiger partial charge is 0.289 e. The van der Waals surface area contributed by atoms with E-state index in [1.54, 1.807) is 0 Å². The highest BCUT2D eigenvalue weighted by Gasteiger charge is 1.99. The number of rotatable bonds is 2. The number of H-pyrrole nitrogens is 2. The van der Waals surface area contributed by atoms with Gasteiger partial charge >= 0.3 is 0 Å². The van der Waals surface area contributed by atoms with Gasteiger partial charge in [-0.3, -0.25) is 0 Å². The number of hydrogen-bond donors (Lipinski definition) is 4. The van der Waals surface area contributed by atoms with E-state index >= 15 is 0 Å². The summed E-state index contributed by atoms with van der Waals surface area (Å²) in [6.45, 7) is 0. The number of azo groups is 1. The van der Waals surface area contributed by atoms with Crippen LogP contribution in [0.5, 0.6) is 0 Å². The van der Waals surface area contributed by atoms with Gasteiger partial charge in [-0.25, -0.2) is 10.2 Å². The van der Waals surface area contributed by atoms with Gasteiger partial charge in [-0.15, -0.1) is 20.4 Å². The molecule has 0 aromatic carbocycles. The Labute approximate surface area is 76.8 Å². The molecule has 6 N–H and O–H groups in total. The summed E-state index contributed by atoms with van der Waals surface area (Å²) >= 11 is 0. The highest BCUT2D eigenvalue weighted by Crippen LogP contribution is 2.10. The van der Waals surface area contributed by atoms with E-state index in [-0.39, 0.29) is 23.8 Å². The van der Waals surface area contributed by atoms with E-state index in [9.17, 15) is 0 Å². The molecule has 0 unspecified atom stereocenters. The van der Waals surface area contributed by atoms with Crippen molar-refractivity contribution < 1.29 is 0 Å². The molecule has 2 rings (SSSR count). The van der Waals surface area contributed by atoms with Crippen molar-refractivity contribution in [2.75, 3.05) is 11.5 Å². The predicted molar refractivity (Wildman–Crippen MR) is 45.8 cm³/mol. The first-order valence-electron chi connectivity index (χ1n) is 3.51. The molecule has 0 saturated heterocycles. The Kier molecular flexibility index (Phi) is 1.78. The summed E-state index contributed by atoms with van der Waals surface area (Å²) in [6, 6.07) is 0. The van der Waals surface area contributed by atoms with E-state index in [1.807, 2.05) is 0 Å². The SMILES string of the molecule is Nc1nc(/N=N/c2n[nH]c(N)n2)n[nH]1. The summed E-state index contributed by atoms with van der Waals surface area (Å²) in [6.07, 6.45) is 0. The summed E-state index contributed by atoms with van der Waals surface area (Å²) in [5.41, 5.74) is 10.5. The minimum atomic E-state index is 0.103. The number of nitrogens with two attached hydrogens (primary N) is 2. The quantitative estimate of drug-likeness (QED) is 0.471. The second-order valence-electron chi connectivity index (χ2n) is 2.24. The fourth-order valence-corrected chi connectivity index (χ4v) is 0.709. The molecule has 0 radical (unpaired) electrons. The lowest BCUT2D eigenvalue weighted by molar-refractivity contribution is 1.01. The topological polar surface area (TPSA) is 160 Å². The Bertz CT molecular complexity index is 408. The monoisotopic (exact) mass is 194 g/mol. The predicted octanol–water partition coefficient (Wildman–Crippen LogP) is -0.497. The van der Waals surface area contributed by atoms with Crippen LogP contribution < -0.4 is 11.5 Å². The third-order valence-electron chi connectivity index (χ3n) is 1.21. The van der Waals surface area contributed by atoms with Gasteiger partial charge in [0.25, 0.3) is 11.9 Å². The number of anilines is 2. The minimum Gasteiger partial charge on any atom is -0.368 e. The molecule has 72 valence electrons. The van der Waals surface area contributed by atoms with E-state index in [0.717, 1.165) is 0 Å².